The van der Waals surface area contributed by atoms with Gasteiger partial charge in [0.15, 0.2) is 0 Å². The number of rotatable bonds is 4. The van der Waals surface area contributed by atoms with Crippen molar-refractivity contribution in [1.82, 2.24) is 0 Å². The fourth-order valence-electron chi connectivity index (χ4n) is 5.83. The number of benzene rings is 4. The highest BCUT2D eigenvalue weighted by atomic mass is 16.6. The lowest BCUT2D eigenvalue weighted by Crippen LogP contribution is -2.15. The van der Waals surface area contributed by atoms with Crippen molar-refractivity contribution in [2.24, 2.45) is 0 Å². The van der Waals surface area contributed by atoms with Crippen LogP contribution in [0.5, 0.6) is 23.0 Å². The van der Waals surface area contributed by atoms with E-state index in [-0.39, 0.29) is 0 Å². The molecule has 1 aliphatic rings. The van der Waals surface area contributed by atoms with Crippen molar-refractivity contribution in [2.45, 2.75) is 12.8 Å². The molecule has 0 spiro atoms. The molecule has 0 aromatic heterocycles. The van der Waals surface area contributed by atoms with Crippen molar-refractivity contribution < 1.29 is 47.4 Å². The summed E-state index contributed by atoms with van der Waals surface area (Å²) in [6.45, 7) is 14.9. The van der Waals surface area contributed by atoms with Gasteiger partial charge in [-0.2, -0.15) is 0 Å². The molecule has 0 fully saturated rings. The third kappa shape index (κ3) is 11.9. The summed E-state index contributed by atoms with van der Waals surface area (Å²) in [5.41, 5.74) is 2.12. The van der Waals surface area contributed by atoms with Gasteiger partial charge < -0.3 is 47.4 Å². The lowest BCUT2D eigenvalue weighted by molar-refractivity contribution is 0.00497. The molecule has 1 aliphatic heterocycles. The van der Waals surface area contributed by atoms with Gasteiger partial charge in [0.2, 0.25) is 0 Å². The molecule has 280 valence electrons. The van der Waals surface area contributed by atoms with Crippen LogP contribution in [0.25, 0.3) is 21.5 Å². The van der Waals surface area contributed by atoms with Gasteiger partial charge in [-0.15, -0.1) is 13.2 Å². The van der Waals surface area contributed by atoms with Gasteiger partial charge in [0.1, 0.15) is 49.4 Å². The molecule has 5 rings (SSSR count). The summed E-state index contributed by atoms with van der Waals surface area (Å²) in [5, 5.41) is 3.91. The Morgan fingerprint density at radius 2 is 0.692 bits per heavy atom. The van der Waals surface area contributed by atoms with E-state index in [0.717, 1.165) is 55.7 Å². The maximum absolute atomic E-state index is 6.27. The molecule has 0 amide bonds. The van der Waals surface area contributed by atoms with E-state index in [0.29, 0.717) is 119 Å². The van der Waals surface area contributed by atoms with E-state index in [1.165, 1.54) is 0 Å². The van der Waals surface area contributed by atoms with Gasteiger partial charge >= 0.3 is 0 Å². The van der Waals surface area contributed by atoms with E-state index in [9.17, 15) is 0 Å². The number of hydrogen-bond acceptors (Lipinski definition) is 10. The molecule has 4 aromatic carbocycles. The molecule has 0 saturated carbocycles. The summed E-state index contributed by atoms with van der Waals surface area (Å²) < 4.78 is 59.2. The first-order valence-electron chi connectivity index (χ1n) is 18.1. The molecule has 10 heteroatoms. The van der Waals surface area contributed by atoms with Crippen molar-refractivity contribution in [3.63, 3.8) is 0 Å². The molecule has 1 heterocycles. The SMILES string of the molecule is C=CCc1ccc2c3cccc2c1OCCOCCOCCOCCOc1c(CC=C)ccc2c(cccc12)OCCOCCOCCOCCO3. The quantitative estimate of drug-likeness (QED) is 0.211. The third-order valence-corrected chi connectivity index (χ3v) is 8.24. The largest absolute Gasteiger partial charge is 0.491 e. The maximum Gasteiger partial charge on any atom is 0.130 e. The van der Waals surface area contributed by atoms with E-state index in [1.807, 2.05) is 48.6 Å². The molecular formula is C42H52O10. The first-order chi connectivity index (χ1) is 25.8. The topological polar surface area (TPSA) is 92.3 Å². The summed E-state index contributed by atoms with van der Waals surface area (Å²) in [6.07, 6.45) is 5.13. The number of allylic oxidation sites excluding steroid dienone is 2. The molecule has 0 N–H and O–H groups in total. The molecule has 8 bridgehead atoms. The molecule has 0 radical (unpaired) electrons. The Hall–Kier alpha value is -4.16. The normalized spacial score (nSPS) is 17.2. The highest BCUT2D eigenvalue weighted by molar-refractivity contribution is 5.95. The van der Waals surface area contributed by atoms with Crippen LogP contribution in [0.4, 0.5) is 0 Å². The predicted molar refractivity (Wildman–Crippen MR) is 203 cm³/mol. The molecule has 4 aromatic rings. The minimum absolute atomic E-state index is 0.402. The fraction of sp³-hybridized carbons (Fsp3) is 0.429. The average molecular weight is 717 g/mol. The number of hydrogen-bond donors (Lipinski definition) is 0. The monoisotopic (exact) mass is 716 g/mol. The van der Waals surface area contributed by atoms with Crippen molar-refractivity contribution in [2.75, 3.05) is 106 Å². The van der Waals surface area contributed by atoms with Crippen LogP contribution >= 0.6 is 0 Å². The van der Waals surface area contributed by atoms with E-state index in [1.54, 1.807) is 0 Å². The molecule has 52 heavy (non-hydrogen) atoms. The van der Waals surface area contributed by atoms with E-state index >= 15 is 0 Å². The standard InChI is InChI=1S/C42H52O10/c1-3-7-33-13-15-35-37-9-5-11-39(35)49-29-25-45-21-17-43-18-22-46-26-30-50-40-12-6-10-38-36(40)16-14-34(8-4-2)42(38)52-32-28-48-24-20-44-19-23-47-27-31-51-41(33)37/h3-6,9-16H,1-2,7-8,17-32H2. The molecule has 0 saturated heterocycles. The van der Waals surface area contributed by atoms with Crippen molar-refractivity contribution in [3.05, 3.63) is 97.1 Å². The predicted octanol–water partition coefficient (Wildman–Crippen LogP) is 6.78. The van der Waals surface area contributed by atoms with Crippen LogP contribution in [0.15, 0.2) is 86.0 Å². The van der Waals surface area contributed by atoms with Gasteiger partial charge in [0, 0.05) is 21.5 Å². The van der Waals surface area contributed by atoms with Crippen LogP contribution < -0.4 is 18.9 Å². The first-order valence-corrected chi connectivity index (χ1v) is 18.1. The Balaban J connectivity index is 1.15. The molecule has 0 unspecified atom stereocenters. The van der Waals surface area contributed by atoms with Gasteiger partial charge in [-0.05, 0) is 36.1 Å². The second-order valence-corrected chi connectivity index (χ2v) is 11.9. The smallest absolute Gasteiger partial charge is 0.130 e. The zero-order valence-electron chi connectivity index (χ0n) is 30.2. The lowest BCUT2D eigenvalue weighted by Gasteiger charge is -2.16. The van der Waals surface area contributed by atoms with Crippen LogP contribution in [0.1, 0.15) is 11.1 Å². The van der Waals surface area contributed by atoms with E-state index in [4.69, 9.17) is 47.4 Å². The van der Waals surface area contributed by atoms with Crippen molar-refractivity contribution in [3.8, 4) is 23.0 Å². The summed E-state index contributed by atoms with van der Waals surface area (Å²) in [5.74, 6) is 3.18. The Bertz CT molecular complexity index is 1550. The first kappa shape index (κ1) is 39.1. The Morgan fingerprint density at radius 3 is 1.04 bits per heavy atom. The van der Waals surface area contributed by atoms with Crippen LogP contribution in [0, 0.1) is 0 Å². The molecule has 0 aliphatic carbocycles. The van der Waals surface area contributed by atoms with E-state index < -0.39 is 0 Å². The maximum atomic E-state index is 6.27. The van der Waals surface area contributed by atoms with Crippen molar-refractivity contribution >= 4 is 21.5 Å². The minimum Gasteiger partial charge on any atom is -0.491 e. The Labute approximate surface area is 307 Å². The number of ether oxygens (including phenoxy) is 10. The zero-order valence-corrected chi connectivity index (χ0v) is 30.2. The van der Waals surface area contributed by atoms with Crippen molar-refractivity contribution in [1.29, 1.82) is 0 Å². The van der Waals surface area contributed by atoms with Gasteiger partial charge in [-0.3, -0.25) is 0 Å². The van der Waals surface area contributed by atoms with Gasteiger partial charge in [-0.25, -0.2) is 0 Å². The third-order valence-electron chi connectivity index (χ3n) is 8.24. The molecule has 10 nitrogen and oxygen atoms in total. The second-order valence-electron chi connectivity index (χ2n) is 11.9. The fourth-order valence-corrected chi connectivity index (χ4v) is 5.83. The minimum atomic E-state index is 0.402. The average Bonchev–Trinajstić information content (AvgIpc) is 3.16. The van der Waals surface area contributed by atoms with Gasteiger partial charge in [0.05, 0.1) is 79.3 Å². The van der Waals surface area contributed by atoms with E-state index in [2.05, 4.69) is 37.4 Å². The van der Waals surface area contributed by atoms with Gasteiger partial charge in [-0.1, -0.05) is 60.7 Å². The van der Waals surface area contributed by atoms with Crippen LogP contribution in [0.3, 0.4) is 0 Å². The highest BCUT2D eigenvalue weighted by Crippen LogP contribution is 2.37. The van der Waals surface area contributed by atoms with Crippen LogP contribution in [-0.4, -0.2) is 106 Å². The molecular weight excluding hydrogens is 664 g/mol. The molecule has 0 atom stereocenters. The van der Waals surface area contributed by atoms with Crippen LogP contribution in [0.2, 0.25) is 0 Å². The second kappa shape index (κ2) is 22.7. The Kier molecular flexibility index (Phi) is 17.1. The zero-order chi connectivity index (χ0) is 36.1. The lowest BCUT2D eigenvalue weighted by atomic mass is 10.0. The summed E-state index contributed by atoms with van der Waals surface area (Å²) >= 11 is 0. The Morgan fingerprint density at radius 1 is 0.365 bits per heavy atom. The summed E-state index contributed by atoms with van der Waals surface area (Å²) in [4.78, 5) is 0. The highest BCUT2D eigenvalue weighted by Gasteiger charge is 2.14. The summed E-state index contributed by atoms with van der Waals surface area (Å²) in [6, 6.07) is 20.2. The van der Waals surface area contributed by atoms with Crippen LogP contribution in [-0.2, 0) is 41.3 Å². The summed E-state index contributed by atoms with van der Waals surface area (Å²) in [7, 11) is 0. The van der Waals surface area contributed by atoms with Gasteiger partial charge in [0.25, 0.3) is 0 Å².